The van der Waals surface area contributed by atoms with E-state index in [1.165, 1.54) is 6.42 Å². The van der Waals surface area contributed by atoms with Crippen LogP contribution in [0.4, 0.5) is 19.1 Å². The number of anilines is 1. The van der Waals surface area contributed by atoms with Crippen LogP contribution in [0.3, 0.4) is 0 Å². The molecule has 0 radical (unpaired) electrons. The van der Waals surface area contributed by atoms with Gasteiger partial charge in [0.1, 0.15) is 11.5 Å². The molecular weight excluding hydrogens is 469 g/mol. The molecule has 5 rings (SSSR count). The summed E-state index contributed by atoms with van der Waals surface area (Å²) in [5.41, 5.74) is 2.08. The van der Waals surface area contributed by atoms with Crippen molar-refractivity contribution in [1.82, 2.24) is 14.9 Å². The summed E-state index contributed by atoms with van der Waals surface area (Å²) in [6, 6.07) is 12.7. The normalized spacial score (nSPS) is 16.5. The van der Waals surface area contributed by atoms with E-state index in [-0.39, 0.29) is 0 Å². The van der Waals surface area contributed by atoms with Crippen LogP contribution in [-0.2, 0) is 25.7 Å². The summed E-state index contributed by atoms with van der Waals surface area (Å²) in [7, 11) is 1.62. The topological polar surface area (TPSA) is 50.7 Å². The van der Waals surface area contributed by atoms with E-state index in [4.69, 9.17) is 19.4 Å². The number of methoxy groups -OCH3 is 1. The Balaban J connectivity index is 1.40. The first-order valence-electron chi connectivity index (χ1n) is 12.2. The molecular formula is C27H29F3N4O2. The number of benzene rings is 2. The average Bonchev–Trinajstić information content (AvgIpc) is 2.89. The zero-order valence-electron chi connectivity index (χ0n) is 20.2. The van der Waals surface area contributed by atoms with E-state index in [0.29, 0.717) is 30.7 Å². The number of ether oxygens (including phenoxy) is 2. The third-order valence-corrected chi connectivity index (χ3v) is 6.69. The summed E-state index contributed by atoms with van der Waals surface area (Å²) < 4.78 is 50.3. The molecule has 0 saturated carbocycles. The van der Waals surface area contributed by atoms with Crippen LogP contribution in [-0.4, -0.2) is 41.6 Å². The maximum atomic E-state index is 12.9. The largest absolute Gasteiger partial charge is 0.497 e. The number of fused-ring (bicyclic) bond motifs is 1. The molecule has 36 heavy (non-hydrogen) atoms. The van der Waals surface area contributed by atoms with E-state index >= 15 is 0 Å². The molecule has 2 aliphatic rings. The van der Waals surface area contributed by atoms with Gasteiger partial charge in [-0.05, 0) is 61.2 Å². The van der Waals surface area contributed by atoms with Crippen molar-refractivity contribution in [3.63, 3.8) is 0 Å². The summed E-state index contributed by atoms with van der Waals surface area (Å²) in [6.07, 6.45) is -0.153. The summed E-state index contributed by atoms with van der Waals surface area (Å²) in [6.45, 7) is 3.71. The standard InChI is InChI=1S/C27H29F3N4O2/c1-35-21-9-11-22(12-10-21)36-25-23-18-33(17-19-5-7-20(8-6-19)27(28,29)30)16-13-24(23)31-26(32-25)34-14-3-2-4-15-34/h5-12H,2-4,13-18H2,1H3. The number of hydrogen-bond acceptors (Lipinski definition) is 6. The highest BCUT2D eigenvalue weighted by Gasteiger charge is 2.30. The number of halogens is 3. The van der Waals surface area contributed by atoms with Crippen LogP contribution in [0.2, 0.25) is 0 Å². The van der Waals surface area contributed by atoms with Crippen molar-refractivity contribution in [3.05, 3.63) is 70.9 Å². The molecule has 0 spiro atoms. The highest BCUT2D eigenvalue weighted by Crippen LogP contribution is 2.34. The predicted molar refractivity (Wildman–Crippen MR) is 130 cm³/mol. The number of hydrogen-bond donors (Lipinski definition) is 0. The van der Waals surface area contributed by atoms with Gasteiger partial charge in [-0.2, -0.15) is 18.2 Å². The maximum Gasteiger partial charge on any atom is 0.416 e. The molecule has 1 saturated heterocycles. The van der Waals surface area contributed by atoms with Gasteiger partial charge in [0.05, 0.1) is 23.9 Å². The first kappa shape index (κ1) is 24.4. The number of piperidine rings is 1. The van der Waals surface area contributed by atoms with Gasteiger partial charge in [0.15, 0.2) is 0 Å². The van der Waals surface area contributed by atoms with Gasteiger partial charge in [0, 0.05) is 39.1 Å². The minimum absolute atomic E-state index is 0.530. The van der Waals surface area contributed by atoms with Crippen LogP contribution in [0, 0.1) is 0 Å². The lowest BCUT2D eigenvalue weighted by Crippen LogP contribution is -2.34. The van der Waals surface area contributed by atoms with Gasteiger partial charge < -0.3 is 14.4 Å². The zero-order chi connectivity index (χ0) is 25.1. The van der Waals surface area contributed by atoms with Gasteiger partial charge in [0.25, 0.3) is 0 Å². The molecule has 190 valence electrons. The first-order chi connectivity index (χ1) is 17.4. The lowest BCUT2D eigenvalue weighted by atomic mass is 10.0. The van der Waals surface area contributed by atoms with Crippen molar-refractivity contribution >= 4 is 5.95 Å². The molecule has 0 aliphatic carbocycles. The number of rotatable bonds is 6. The number of aromatic nitrogens is 2. The third-order valence-electron chi connectivity index (χ3n) is 6.69. The van der Waals surface area contributed by atoms with Crippen molar-refractivity contribution in [1.29, 1.82) is 0 Å². The molecule has 3 aromatic rings. The molecule has 2 aliphatic heterocycles. The van der Waals surface area contributed by atoms with E-state index in [1.54, 1.807) is 19.2 Å². The Morgan fingerprint density at radius 2 is 1.56 bits per heavy atom. The summed E-state index contributed by atoms with van der Waals surface area (Å²) >= 11 is 0. The molecule has 0 bridgehead atoms. The second-order valence-electron chi connectivity index (χ2n) is 9.23. The van der Waals surface area contributed by atoms with E-state index in [0.717, 1.165) is 73.6 Å². The van der Waals surface area contributed by atoms with Crippen LogP contribution in [0.25, 0.3) is 0 Å². The second-order valence-corrected chi connectivity index (χ2v) is 9.23. The molecule has 0 amide bonds. The Morgan fingerprint density at radius 1 is 0.861 bits per heavy atom. The fourth-order valence-corrected chi connectivity index (χ4v) is 4.69. The minimum atomic E-state index is -4.33. The lowest BCUT2D eigenvalue weighted by Gasteiger charge is -2.32. The van der Waals surface area contributed by atoms with Crippen molar-refractivity contribution in [3.8, 4) is 17.4 Å². The molecule has 0 N–H and O–H groups in total. The molecule has 3 heterocycles. The van der Waals surface area contributed by atoms with Crippen LogP contribution in [0.15, 0.2) is 48.5 Å². The molecule has 6 nitrogen and oxygen atoms in total. The zero-order valence-corrected chi connectivity index (χ0v) is 20.2. The number of nitrogens with zero attached hydrogens (tertiary/aromatic N) is 4. The van der Waals surface area contributed by atoms with Gasteiger partial charge in [-0.3, -0.25) is 4.90 Å². The Bertz CT molecular complexity index is 1180. The van der Waals surface area contributed by atoms with Gasteiger partial charge in [-0.25, -0.2) is 4.98 Å². The molecule has 0 atom stereocenters. The molecule has 1 fully saturated rings. The smallest absolute Gasteiger partial charge is 0.416 e. The van der Waals surface area contributed by atoms with Crippen LogP contribution < -0.4 is 14.4 Å². The van der Waals surface area contributed by atoms with Gasteiger partial charge >= 0.3 is 6.18 Å². The molecule has 2 aromatic carbocycles. The fraction of sp³-hybridized carbons (Fsp3) is 0.407. The second kappa shape index (κ2) is 10.3. The van der Waals surface area contributed by atoms with Gasteiger partial charge in [0.2, 0.25) is 11.8 Å². The quantitative estimate of drug-likeness (QED) is 0.425. The van der Waals surface area contributed by atoms with Crippen molar-refractivity contribution in [2.24, 2.45) is 0 Å². The van der Waals surface area contributed by atoms with Gasteiger partial charge in [-0.15, -0.1) is 0 Å². The van der Waals surface area contributed by atoms with E-state index in [2.05, 4.69) is 9.80 Å². The molecule has 0 unspecified atom stereocenters. The summed E-state index contributed by atoms with van der Waals surface area (Å²) in [5, 5.41) is 0. The van der Waals surface area contributed by atoms with Crippen LogP contribution in [0.5, 0.6) is 17.4 Å². The van der Waals surface area contributed by atoms with Crippen molar-refractivity contribution in [2.75, 3.05) is 31.6 Å². The third kappa shape index (κ3) is 5.56. The Labute approximate surface area is 208 Å². The van der Waals surface area contributed by atoms with E-state index < -0.39 is 11.7 Å². The maximum absolute atomic E-state index is 12.9. The van der Waals surface area contributed by atoms with Crippen LogP contribution >= 0.6 is 0 Å². The van der Waals surface area contributed by atoms with Crippen molar-refractivity contribution < 1.29 is 22.6 Å². The Kier molecular flexibility index (Phi) is 7.00. The van der Waals surface area contributed by atoms with Crippen molar-refractivity contribution in [2.45, 2.75) is 44.9 Å². The Hall–Kier alpha value is -3.33. The highest BCUT2D eigenvalue weighted by atomic mass is 19.4. The highest BCUT2D eigenvalue weighted by molar-refractivity contribution is 5.44. The number of alkyl halides is 3. The van der Waals surface area contributed by atoms with Crippen LogP contribution in [0.1, 0.15) is 41.6 Å². The summed E-state index contributed by atoms with van der Waals surface area (Å²) in [4.78, 5) is 14.2. The minimum Gasteiger partial charge on any atom is -0.497 e. The average molecular weight is 499 g/mol. The fourth-order valence-electron chi connectivity index (χ4n) is 4.69. The lowest BCUT2D eigenvalue weighted by molar-refractivity contribution is -0.137. The van der Waals surface area contributed by atoms with E-state index in [9.17, 15) is 13.2 Å². The predicted octanol–water partition coefficient (Wildman–Crippen LogP) is 5.84. The SMILES string of the molecule is COc1ccc(Oc2nc(N3CCCCC3)nc3c2CN(Cc2ccc(C(F)(F)F)cc2)CC3)cc1. The first-order valence-corrected chi connectivity index (χ1v) is 12.2. The Morgan fingerprint density at radius 3 is 2.22 bits per heavy atom. The van der Waals surface area contributed by atoms with E-state index in [1.807, 2.05) is 24.3 Å². The summed E-state index contributed by atoms with van der Waals surface area (Å²) in [5.74, 6) is 2.63. The molecule has 1 aromatic heterocycles. The van der Waals surface area contributed by atoms with Gasteiger partial charge in [-0.1, -0.05) is 12.1 Å². The molecule has 9 heteroatoms. The monoisotopic (exact) mass is 498 g/mol.